The van der Waals surface area contributed by atoms with Gasteiger partial charge in [-0.25, -0.2) is 0 Å². The summed E-state index contributed by atoms with van der Waals surface area (Å²) < 4.78 is 1.07. The fraction of sp³-hybridized carbons (Fsp3) is 0.571. The van der Waals surface area contributed by atoms with Gasteiger partial charge in [-0.05, 0) is 47.9 Å². The maximum atomic E-state index is 10.3. The SMILES string of the molecule is CCC(C)c1cc(Br)cc(C(C)CC)c1O. The summed E-state index contributed by atoms with van der Waals surface area (Å²) in [5.74, 6) is 1.30. The van der Waals surface area contributed by atoms with E-state index in [1.807, 2.05) is 12.1 Å². The minimum Gasteiger partial charge on any atom is -0.507 e. The van der Waals surface area contributed by atoms with Crippen LogP contribution >= 0.6 is 15.9 Å². The molecule has 16 heavy (non-hydrogen) atoms. The van der Waals surface area contributed by atoms with Crippen molar-refractivity contribution in [2.24, 2.45) is 0 Å². The zero-order chi connectivity index (χ0) is 12.3. The number of phenolic OH excluding ortho intramolecular Hbond substituents is 1. The number of hydrogen-bond acceptors (Lipinski definition) is 1. The molecule has 2 unspecified atom stereocenters. The number of rotatable bonds is 4. The van der Waals surface area contributed by atoms with Crippen molar-refractivity contribution < 1.29 is 5.11 Å². The number of aromatic hydroxyl groups is 1. The maximum Gasteiger partial charge on any atom is 0.122 e. The highest BCUT2D eigenvalue weighted by molar-refractivity contribution is 9.10. The lowest BCUT2D eigenvalue weighted by molar-refractivity contribution is 0.449. The number of phenols is 1. The Kier molecular flexibility index (Phi) is 4.85. The lowest BCUT2D eigenvalue weighted by Crippen LogP contribution is -1.99. The first kappa shape index (κ1) is 13.6. The summed E-state index contributed by atoms with van der Waals surface area (Å²) in [6, 6.07) is 4.07. The first-order valence-electron chi connectivity index (χ1n) is 6.03. The van der Waals surface area contributed by atoms with E-state index < -0.39 is 0 Å². The monoisotopic (exact) mass is 284 g/mol. The quantitative estimate of drug-likeness (QED) is 0.808. The van der Waals surface area contributed by atoms with E-state index >= 15 is 0 Å². The molecule has 0 aliphatic rings. The van der Waals surface area contributed by atoms with Gasteiger partial charge in [0, 0.05) is 4.47 Å². The van der Waals surface area contributed by atoms with E-state index in [4.69, 9.17) is 0 Å². The molecule has 0 saturated carbocycles. The van der Waals surface area contributed by atoms with Gasteiger partial charge in [-0.15, -0.1) is 0 Å². The Labute approximate surface area is 107 Å². The van der Waals surface area contributed by atoms with Crippen LogP contribution in [0.2, 0.25) is 0 Å². The normalized spacial score (nSPS) is 14.8. The first-order chi connectivity index (χ1) is 7.51. The van der Waals surface area contributed by atoms with E-state index in [0.29, 0.717) is 17.6 Å². The van der Waals surface area contributed by atoms with Crippen LogP contribution in [0.5, 0.6) is 5.75 Å². The second-order valence-corrected chi connectivity index (χ2v) is 5.47. The number of benzene rings is 1. The van der Waals surface area contributed by atoms with Gasteiger partial charge >= 0.3 is 0 Å². The van der Waals surface area contributed by atoms with Crippen molar-refractivity contribution in [1.29, 1.82) is 0 Å². The molecular weight excluding hydrogens is 264 g/mol. The average Bonchev–Trinajstić information content (AvgIpc) is 2.29. The van der Waals surface area contributed by atoms with Crippen LogP contribution < -0.4 is 0 Å². The topological polar surface area (TPSA) is 20.2 Å². The number of hydrogen-bond donors (Lipinski definition) is 1. The molecule has 1 aromatic carbocycles. The van der Waals surface area contributed by atoms with Crippen LogP contribution in [0.1, 0.15) is 63.5 Å². The second-order valence-electron chi connectivity index (χ2n) is 4.55. The lowest BCUT2D eigenvalue weighted by atomic mass is 9.90. The summed E-state index contributed by atoms with van der Waals surface area (Å²) >= 11 is 3.53. The van der Waals surface area contributed by atoms with Crippen molar-refractivity contribution in [3.63, 3.8) is 0 Å². The predicted molar refractivity (Wildman–Crippen MR) is 73.2 cm³/mol. The molecular formula is C14H21BrO. The van der Waals surface area contributed by atoms with Crippen LogP contribution in [0.25, 0.3) is 0 Å². The standard InChI is InChI=1S/C14H21BrO/c1-5-9(3)12-7-11(15)8-13(14(12)16)10(4)6-2/h7-10,16H,5-6H2,1-4H3. The third-order valence-corrected chi connectivity index (χ3v) is 3.88. The molecule has 1 rings (SSSR count). The van der Waals surface area contributed by atoms with Gasteiger partial charge in [-0.2, -0.15) is 0 Å². The van der Waals surface area contributed by atoms with E-state index in [-0.39, 0.29) is 0 Å². The highest BCUT2D eigenvalue weighted by atomic mass is 79.9. The molecule has 0 spiro atoms. The molecule has 0 fully saturated rings. The van der Waals surface area contributed by atoms with Crippen molar-refractivity contribution in [2.45, 2.75) is 52.4 Å². The van der Waals surface area contributed by atoms with Crippen molar-refractivity contribution in [1.82, 2.24) is 0 Å². The summed E-state index contributed by atoms with van der Waals surface area (Å²) in [5.41, 5.74) is 2.12. The summed E-state index contributed by atoms with van der Waals surface area (Å²) in [4.78, 5) is 0. The average molecular weight is 285 g/mol. The zero-order valence-corrected chi connectivity index (χ0v) is 12.1. The van der Waals surface area contributed by atoms with Crippen LogP contribution in [0.3, 0.4) is 0 Å². The molecule has 2 heteroatoms. The Hall–Kier alpha value is -0.500. The molecule has 0 bridgehead atoms. The Balaban J connectivity index is 3.25. The van der Waals surface area contributed by atoms with Crippen molar-refractivity contribution in [3.05, 3.63) is 27.7 Å². The molecule has 2 atom stereocenters. The minimum absolute atomic E-state index is 0.403. The largest absolute Gasteiger partial charge is 0.507 e. The molecule has 0 aliphatic heterocycles. The first-order valence-corrected chi connectivity index (χ1v) is 6.82. The Bertz CT molecular complexity index is 329. The molecule has 0 saturated heterocycles. The summed E-state index contributed by atoms with van der Waals surface area (Å²) in [6.45, 7) is 8.60. The smallest absolute Gasteiger partial charge is 0.122 e. The van der Waals surface area contributed by atoms with Crippen molar-refractivity contribution >= 4 is 15.9 Å². The van der Waals surface area contributed by atoms with Gasteiger partial charge in [0.2, 0.25) is 0 Å². The van der Waals surface area contributed by atoms with Crippen LogP contribution in [-0.2, 0) is 0 Å². The van der Waals surface area contributed by atoms with Gasteiger partial charge in [-0.3, -0.25) is 0 Å². The van der Waals surface area contributed by atoms with Crippen molar-refractivity contribution in [3.8, 4) is 5.75 Å². The molecule has 0 radical (unpaired) electrons. The Morgan fingerprint density at radius 3 is 1.75 bits per heavy atom. The third-order valence-electron chi connectivity index (χ3n) is 3.42. The van der Waals surface area contributed by atoms with E-state index in [0.717, 1.165) is 28.4 Å². The van der Waals surface area contributed by atoms with Crippen LogP contribution in [0, 0.1) is 0 Å². The highest BCUT2D eigenvalue weighted by Gasteiger charge is 2.16. The number of halogens is 1. The molecule has 0 aromatic heterocycles. The van der Waals surface area contributed by atoms with E-state index in [1.165, 1.54) is 0 Å². The zero-order valence-electron chi connectivity index (χ0n) is 10.5. The molecule has 1 aromatic rings. The molecule has 1 N–H and O–H groups in total. The summed E-state index contributed by atoms with van der Waals surface area (Å²) in [7, 11) is 0. The van der Waals surface area contributed by atoms with Gasteiger partial charge in [0.05, 0.1) is 0 Å². The van der Waals surface area contributed by atoms with Crippen molar-refractivity contribution in [2.75, 3.05) is 0 Å². The Morgan fingerprint density at radius 1 is 1.06 bits per heavy atom. The van der Waals surface area contributed by atoms with E-state index in [2.05, 4.69) is 43.6 Å². The fourth-order valence-corrected chi connectivity index (χ4v) is 2.33. The highest BCUT2D eigenvalue weighted by Crippen LogP contribution is 2.38. The minimum atomic E-state index is 0.403. The van der Waals surface area contributed by atoms with E-state index in [1.54, 1.807) is 0 Å². The van der Waals surface area contributed by atoms with Crippen LogP contribution in [0.15, 0.2) is 16.6 Å². The third kappa shape index (κ3) is 2.79. The van der Waals surface area contributed by atoms with Crippen LogP contribution in [-0.4, -0.2) is 5.11 Å². The second kappa shape index (κ2) is 5.72. The molecule has 0 heterocycles. The van der Waals surface area contributed by atoms with Crippen LogP contribution in [0.4, 0.5) is 0 Å². The fourth-order valence-electron chi connectivity index (χ4n) is 1.83. The van der Waals surface area contributed by atoms with Gasteiger partial charge in [0.1, 0.15) is 5.75 Å². The van der Waals surface area contributed by atoms with Gasteiger partial charge in [0.15, 0.2) is 0 Å². The Morgan fingerprint density at radius 2 is 1.44 bits per heavy atom. The van der Waals surface area contributed by atoms with E-state index in [9.17, 15) is 5.11 Å². The molecule has 1 nitrogen and oxygen atoms in total. The summed E-state index contributed by atoms with van der Waals surface area (Å²) in [5, 5.41) is 10.3. The lowest BCUT2D eigenvalue weighted by Gasteiger charge is -2.18. The van der Waals surface area contributed by atoms with Gasteiger partial charge in [0.25, 0.3) is 0 Å². The molecule has 0 amide bonds. The maximum absolute atomic E-state index is 10.3. The molecule has 0 aliphatic carbocycles. The summed E-state index contributed by atoms with van der Waals surface area (Å²) in [6.07, 6.45) is 2.09. The van der Waals surface area contributed by atoms with Gasteiger partial charge < -0.3 is 5.11 Å². The molecule has 90 valence electrons. The van der Waals surface area contributed by atoms with Gasteiger partial charge in [-0.1, -0.05) is 43.6 Å². The predicted octanol–water partition coefficient (Wildman–Crippen LogP) is 5.18.